The molecule has 13 heavy (non-hydrogen) atoms. The summed E-state index contributed by atoms with van der Waals surface area (Å²) >= 11 is 0. The zero-order valence-electron chi connectivity index (χ0n) is 9.64. The van der Waals surface area contributed by atoms with Crippen LogP contribution >= 0.6 is 0 Å². The van der Waals surface area contributed by atoms with Gasteiger partial charge in [-0.25, -0.2) is 0 Å². The van der Waals surface area contributed by atoms with Crippen molar-refractivity contribution in [3.05, 3.63) is 11.6 Å². The minimum Gasteiger partial charge on any atom is -0.0816 e. The maximum Gasteiger partial charge on any atom is -0.0199 e. The van der Waals surface area contributed by atoms with Crippen LogP contribution in [0.25, 0.3) is 0 Å². The van der Waals surface area contributed by atoms with E-state index in [1.165, 1.54) is 25.7 Å². The zero-order valence-corrected chi connectivity index (χ0v) is 9.64. The van der Waals surface area contributed by atoms with Gasteiger partial charge in [0.25, 0.3) is 0 Å². The Morgan fingerprint density at radius 2 is 1.85 bits per heavy atom. The Labute approximate surface area is 83.4 Å². The lowest BCUT2D eigenvalue weighted by atomic mass is 9.86. The SMILES string of the molecule is CCCC1=CC(CCC)C(C)C1C. The third-order valence-corrected chi connectivity index (χ3v) is 3.64. The smallest absolute Gasteiger partial charge is 0.0199 e. The van der Waals surface area contributed by atoms with Crippen molar-refractivity contribution in [3.63, 3.8) is 0 Å². The van der Waals surface area contributed by atoms with Crippen molar-refractivity contribution in [3.8, 4) is 0 Å². The van der Waals surface area contributed by atoms with E-state index in [2.05, 4.69) is 33.8 Å². The van der Waals surface area contributed by atoms with Crippen LogP contribution in [0.1, 0.15) is 53.4 Å². The summed E-state index contributed by atoms with van der Waals surface area (Å²) in [5.41, 5.74) is 1.73. The van der Waals surface area contributed by atoms with Crippen molar-refractivity contribution >= 4 is 0 Å². The van der Waals surface area contributed by atoms with Gasteiger partial charge >= 0.3 is 0 Å². The first-order valence-electron chi connectivity index (χ1n) is 5.91. The molecule has 0 nitrogen and oxygen atoms in total. The third-order valence-electron chi connectivity index (χ3n) is 3.64. The van der Waals surface area contributed by atoms with Gasteiger partial charge in [-0.3, -0.25) is 0 Å². The average Bonchev–Trinajstić information content (AvgIpc) is 2.36. The van der Waals surface area contributed by atoms with Crippen LogP contribution in [-0.4, -0.2) is 0 Å². The summed E-state index contributed by atoms with van der Waals surface area (Å²) in [5.74, 6) is 2.61. The first-order valence-corrected chi connectivity index (χ1v) is 5.91. The molecule has 0 aromatic rings. The van der Waals surface area contributed by atoms with E-state index in [9.17, 15) is 0 Å². The van der Waals surface area contributed by atoms with Gasteiger partial charge in [-0.05, 0) is 30.6 Å². The van der Waals surface area contributed by atoms with Crippen LogP contribution < -0.4 is 0 Å². The Morgan fingerprint density at radius 1 is 1.15 bits per heavy atom. The molecule has 0 aromatic heterocycles. The highest BCUT2D eigenvalue weighted by Crippen LogP contribution is 2.39. The fourth-order valence-corrected chi connectivity index (χ4v) is 2.57. The van der Waals surface area contributed by atoms with E-state index in [1.807, 2.05) is 0 Å². The minimum atomic E-state index is 0.844. The van der Waals surface area contributed by atoms with Crippen molar-refractivity contribution in [2.24, 2.45) is 17.8 Å². The monoisotopic (exact) mass is 180 g/mol. The lowest BCUT2D eigenvalue weighted by Crippen LogP contribution is -2.10. The van der Waals surface area contributed by atoms with Gasteiger partial charge in [-0.2, -0.15) is 0 Å². The molecule has 0 saturated heterocycles. The van der Waals surface area contributed by atoms with Gasteiger partial charge in [-0.1, -0.05) is 52.2 Å². The number of hydrogen-bond acceptors (Lipinski definition) is 0. The first-order chi connectivity index (χ1) is 6.20. The predicted molar refractivity (Wildman–Crippen MR) is 59.7 cm³/mol. The third kappa shape index (κ3) is 2.36. The van der Waals surface area contributed by atoms with Crippen LogP contribution in [0.3, 0.4) is 0 Å². The van der Waals surface area contributed by atoms with E-state index in [1.54, 1.807) is 5.57 Å². The van der Waals surface area contributed by atoms with Crippen molar-refractivity contribution in [2.75, 3.05) is 0 Å². The molecule has 0 fully saturated rings. The Kier molecular flexibility index (Phi) is 4.02. The second-order valence-corrected chi connectivity index (χ2v) is 4.59. The van der Waals surface area contributed by atoms with Gasteiger partial charge in [0.15, 0.2) is 0 Å². The molecule has 76 valence electrons. The van der Waals surface area contributed by atoms with Gasteiger partial charge < -0.3 is 0 Å². The van der Waals surface area contributed by atoms with E-state index in [4.69, 9.17) is 0 Å². The lowest BCUT2D eigenvalue weighted by molar-refractivity contribution is 0.354. The zero-order chi connectivity index (χ0) is 9.84. The summed E-state index contributed by atoms with van der Waals surface area (Å²) in [4.78, 5) is 0. The van der Waals surface area contributed by atoms with Crippen molar-refractivity contribution < 1.29 is 0 Å². The molecule has 0 aliphatic heterocycles. The van der Waals surface area contributed by atoms with E-state index in [-0.39, 0.29) is 0 Å². The fraction of sp³-hybridized carbons (Fsp3) is 0.846. The molecule has 3 unspecified atom stereocenters. The maximum atomic E-state index is 2.57. The molecular formula is C13H24. The quantitative estimate of drug-likeness (QED) is 0.562. The molecule has 1 aliphatic carbocycles. The average molecular weight is 180 g/mol. The largest absolute Gasteiger partial charge is 0.0816 e. The summed E-state index contributed by atoms with van der Waals surface area (Å²) in [5, 5.41) is 0. The summed E-state index contributed by atoms with van der Waals surface area (Å²) in [6, 6.07) is 0. The normalized spacial score (nSPS) is 33.5. The number of allylic oxidation sites excluding steroid dienone is 2. The number of rotatable bonds is 4. The van der Waals surface area contributed by atoms with Crippen LogP contribution in [0, 0.1) is 17.8 Å². The van der Waals surface area contributed by atoms with Gasteiger partial charge in [0.2, 0.25) is 0 Å². The van der Waals surface area contributed by atoms with Crippen LogP contribution in [0.4, 0.5) is 0 Å². The molecule has 0 aromatic carbocycles. The standard InChI is InChI=1S/C13H24/c1-5-7-12-9-13(8-6-2)11(4)10(12)3/h9-12H,5-8H2,1-4H3. The van der Waals surface area contributed by atoms with Crippen molar-refractivity contribution in [1.82, 2.24) is 0 Å². The molecule has 0 spiro atoms. The number of hydrogen-bond donors (Lipinski definition) is 0. The molecule has 0 N–H and O–H groups in total. The van der Waals surface area contributed by atoms with Crippen molar-refractivity contribution in [2.45, 2.75) is 53.4 Å². The van der Waals surface area contributed by atoms with Crippen LogP contribution in [0.5, 0.6) is 0 Å². The molecule has 0 amide bonds. The predicted octanol–water partition coefficient (Wildman–Crippen LogP) is 4.42. The Hall–Kier alpha value is -0.260. The van der Waals surface area contributed by atoms with Gasteiger partial charge in [0, 0.05) is 0 Å². The lowest BCUT2D eigenvalue weighted by Gasteiger charge is -2.18. The van der Waals surface area contributed by atoms with Gasteiger partial charge in [0.05, 0.1) is 0 Å². The molecule has 0 bridgehead atoms. The summed E-state index contributed by atoms with van der Waals surface area (Å²) in [6.07, 6.45) is 7.92. The molecule has 0 heteroatoms. The molecule has 0 heterocycles. The Bertz CT molecular complexity index is 178. The van der Waals surface area contributed by atoms with E-state index in [0.29, 0.717) is 0 Å². The highest BCUT2D eigenvalue weighted by atomic mass is 14.3. The van der Waals surface area contributed by atoms with E-state index in [0.717, 1.165) is 17.8 Å². The van der Waals surface area contributed by atoms with E-state index >= 15 is 0 Å². The van der Waals surface area contributed by atoms with Gasteiger partial charge in [-0.15, -0.1) is 0 Å². The van der Waals surface area contributed by atoms with E-state index < -0.39 is 0 Å². The molecule has 0 saturated carbocycles. The van der Waals surface area contributed by atoms with Crippen LogP contribution in [0.2, 0.25) is 0 Å². The summed E-state index contributed by atoms with van der Waals surface area (Å²) in [7, 11) is 0. The summed E-state index contributed by atoms with van der Waals surface area (Å²) in [6.45, 7) is 9.40. The topological polar surface area (TPSA) is 0 Å². The second-order valence-electron chi connectivity index (χ2n) is 4.59. The summed E-state index contributed by atoms with van der Waals surface area (Å²) < 4.78 is 0. The van der Waals surface area contributed by atoms with Crippen LogP contribution in [0.15, 0.2) is 11.6 Å². The molecular weight excluding hydrogens is 156 g/mol. The maximum absolute atomic E-state index is 2.57. The van der Waals surface area contributed by atoms with Crippen molar-refractivity contribution in [1.29, 1.82) is 0 Å². The molecule has 0 radical (unpaired) electrons. The fourth-order valence-electron chi connectivity index (χ4n) is 2.57. The molecule has 1 aliphatic rings. The Morgan fingerprint density at radius 3 is 2.38 bits per heavy atom. The first kappa shape index (κ1) is 10.8. The van der Waals surface area contributed by atoms with Gasteiger partial charge in [0.1, 0.15) is 0 Å². The molecule has 1 rings (SSSR count). The second kappa shape index (κ2) is 4.83. The minimum absolute atomic E-state index is 0.844. The molecule has 3 atom stereocenters. The highest BCUT2D eigenvalue weighted by Gasteiger charge is 2.29. The van der Waals surface area contributed by atoms with Crippen LogP contribution in [-0.2, 0) is 0 Å². The highest BCUT2D eigenvalue weighted by molar-refractivity contribution is 5.16. The Balaban J connectivity index is 2.58.